The van der Waals surface area contributed by atoms with Gasteiger partial charge < -0.3 is 20.1 Å². The van der Waals surface area contributed by atoms with Crippen LogP contribution >= 0.6 is 0 Å². The summed E-state index contributed by atoms with van der Waals surface area (Å²) in [5, 5.41) is 29.2. The molecule has 0 saturated carbocycles. The molecule has 3 rings (SSSR count). The molecule has 0 aliphatic carbocycles. The number of carbonyl (C=O) groups is 1. The lowest BCUT2D eigenvalue weighted by atomic mass is 9.74. The number of Topliss-reactive ketones (excluding diaryl/α,β-unsaturated/α-hetero) is 1. The molecular formula is C17H16O5. The van der Waals surface area contributed by atoms with Crippen molar-refractivity contribution in [2.45, 2.75) is 20.0 Å². The van der Waals surface area contributed by atoms with E-state index in [0.717, 1.165) is 11.6 Å². The Hall–Kier alpha value is -2.69. The molecule has 1 aliphatic rings. The van der Waals surface area contributed by atoms with Gasteiger partial charge in [0.25, 0.3) is 0 Å². The molecular weight excluding hydrogens is 284 g/mol. The lowest BCUT2D eigenvalue weighted by molar-refractivity contribution is 0.0382. The molecule has 0 fully saturated rings. The van der Waals surface area contributed by atoms with Crippen molar-refractivity contribution in [3.8, 4) is 23.0 Å². The Labute approximate surface area is 127 Å². The molecule has 3 N–H and O–H groups in total. The van der Waals surface area contributed by atoms with Gasteiger partial charge in [-0.25, -0.2) is 0 Å². The monoisotopic (exact) mass is 300 g/mol. The first-order chi connectivity index (χ1) is 10.3. The van der Waals surface area contributed by atoms with Crippen molar-refractivity contribution in [2.24, 2.45) is 5.41 Å². The van der Waals surface area contributed by atoms with Crippen LogP contribution in [-0.4, -0.2) is 21.1 Å². The van der Waals surface area contributed by atoms with E-state index in [9.17, 15) is 20.1 Å². The predicted molar refractivity (Wildman–Crippen MR) is 79.4 cm³/mol. The summed E-state index contributed by atoms with van der Waals surface area (Å²) < 4.78 is 5.87. The Balaban J connectivity index is 2.19. The maximum absolute atomic E-state index is 12.8. The number of phenols is 3. The van der Waals surface area contributed by atoms with Gasteiger partial charge in [0.05, 0.1) is 5.41 Å². The summed E-state index contributed by atoms with van der Waals surface area (Å²) >= 11 is 0. The van der Waals surface area contributed by atoms with Crippen LogP contribution in [0.4, 0.5) is 0 Å². The Morgan fingerprint density at radius 3 is 2.32 bits per heavy atom. The first-order valence-electron chi connectivity index (χ1n) is 6.88. The van der Waals surface area contributed by atoms with Crippen molar-refractivity contribution < 1.29 is 24.9 Å². The highest BCUT2D eigenvalue weighted by Crippen LogP contribution is 2.52. The smallest absolute Gasteiger partial charge is 0.201 e. The summed E-state index contributed by atoms with van der Waals surface area (Å²) in [6.45, 7) is 3.44. The molecule has 1 atom stereocenters. The number of phenolic OH excluding ortho intramolecular Hbond substituents is 3. The fraction of sp³-hybridized carbons (Fsp3) is 0.235. The summed E-state index contributed by atoms with van der Waals surface area (Å²) in [5.74, 6) is -2.19. The standard InChI is InChI=1S/C17H16O5/c1-17(2)15(21)12-11(8-10(18)13(19)14(12)20)22-16(17)9-6-4-3-5-7-9/h3-8,16,18-20H,1-2H3. The van der Waals surface area contributed by atoms with E-state index in [0.29, 0.717) is 0 Å². The van der Waals surface area contributed by atoms with Gasteiger partial charge in [-0.1, -0.05) is 30.3 Å². The summed E-state index contributed by atoms with van der Waals surface area (Å²) in [6.07, 6.45) is -0.558. The van der Waals surface area contributed by atoms with Crippen LogP contribution < -0.4 is 4.74 Å². The molecule has 2 aromatic rings. The van der Waals surface area contributed by atoms with Gasteiger partial charge in [0.2, 0.25) is 5.75 Å². The molecule has 2 aromatic carbocycles. The van der Waals surface area contributed by atoms with E-state index in [-0.39, 0.29) is 17.1 Å². The highest BCUT2D eigenvalue weighted by Gasteiger charge is 2.47. The molecule has 1 unspecified atom stereocenters. The van der Waals surface area contributed by atoms with E-state index in [1.54, 1.807) is 13.8 Å². The lowest BCUT2D eigenvalue weighted by Crippen LogP contribution is -2.39. The first kappa shape index (κ1) is 14.3. The van der Waals surface area contributed by atoms with E-state index in [2.05, 4.69) is 0 Å². The maximum Gasteiger partial charge on any atom is 0.201 e. The Morgan fingerprint density at radius 1 is 1.05 bits per heavy atom. The maximum atomic E-state index is 12.8. The van der Waals surface area contributed by atoms with Crippen LogP contribution in [0.25, 0.3) is 0 Å². The number of aromatic hydroxyl groups is 3. The van der Waals surface area contributed by atoms with Gasteiger partial charge in [0.15, 0.2) is 17.3 Å². The van der Waals surface area contributed by atoms with Crippen LogP contribution in [0.15, 0.2) is 36.4 Å². The number of rotatable bonds is 1. The van der Waals surface area contributed by atoms with Gasteiger partial charge in [0, 0.05) is 6.07 Å². The molecule has 5 heteroatoms. The first-order valence-corrected chi connectivity index (χ1v) is 6.88. The highest BCUT2D eigenvalue weighted by molar-refractivity contribution is 6.07. The van der Waals surface area contributed by atoms with Crippen LogP contribution in [0.3, 0.4) is 0 Å². The molecule has 0 aromatic heterocycles. The fourth-order valence-electron chi connectivity index (χ4n) is 2.76. The second-order valence-corrected chi connectivity index (χ2v) is 5.93. The SMILES string of the molecule is CC1(C)C(=O)c2c(cc(O)c(O)c2O)OC1c1ccccc1. The van der Waals surface area contributed by atoms with E-state index in [1.165, 1.54) is 0 Å². The third kappa shape index (κ3) is 1.89. The Morgan fingerprint density at radius 2 is 1.68 bits per heavy atom. The molecule has 114 valence electrons. The average Bonchev–Trinajstić information content (AvgIpc) is 2.49. The number of benzene rings is 2. The number of hydrogen-bond donors (Lipinski definition) is 3. The lowest BCUT2D eigenvalue weighted by Gasteiger charge is -2.38. The van der Waals surface area contributed by atoms with Gasteiger partial charge in [0.1, 0.15) is 17.4 Å². The van der Waals surface area contributed by atoms with Gasteiger partial charge in [-0.15, -0.1) is 0 Å². The van der Waals surface area contributed by atoms with Crippen LogP contribution in [0.5, 0.6) is 23.0 Å². The number of fused-ring (bicyclic) bond motifs is 1. The molecule has 1 heterocycles. The van der Waals surface area contributed by atoms with Crippen LogP contribution in [0.1, 0.15) is 35.9 Å². The number of carbonyl (C=O) groups excluding carboxylic acids is 1. The molecule has 22 heavy (non-hydrogen) atoms. The van der Waals surface area contributed by atoms with Crippen molar-refractivity contribution in [2.75, 3.05) is 0 Å². The van der Waals surface area contributed by atoms with Crippen LogP contribution in [-0.2, 0) is 0 Å². The molecule has 0 amide bonds. The third-order valence-electron chi connectivity index (χ3n) is 4.03. The van der Waals surface area contributed by atoms with Gasteiger partial charge in [-0.3, -0.25) is 4.79 Å². The van der Waals surface area contributed by atoms with Gasteiger partial charge in [-0.05, 0) is 19.4 Å². The Bertz CT molecular complexity index is 749. The molecule has 5 nitrogen and oxygen atoms in total. The quantitative estimate of drug-likeness (QED) is 0.704. The molecule has 0 bridgehead atoms. The zero-order chi connectivity index (χ0) is 16.1. The number of hydrogen-bond acceptors (Lipinski definition) is 5. The predicted octanol–water partition coefficient (Wildman–Crippen LogP) is 3.15. The van der Waals surface area contributed by atoms with E-state index >= 15 is 0 Å². The van der Waals surface area contributed by atoms with Gasteiger partial charge in [-0.2, -0.15) is 0 Å². The number of ketones is 1. The van der Waals surface area contributed by atoms with Crippen LogP contribution in [0, 0.1) is 5.41 Å². The van der Waals surface area contributed by atoms with E-state index < -0.39 is 28.8 Å². The number of ether oxygens (including phenoxy) is 1. The fourth-order valence-corrected chi connectivity index (χ4v) is 2.76. The molecule has 0 radical (unpaired) electrons. The van der Waals surface area contributed by atoms with Crippen molar-refractivity contribution >= 4 is 5.78 Å². The highest BCUT2D eigenvalue weighted by atomic mass is 16.5. The van der Waals surface area contributed by atoms with Crippen LogP contribution in [0.2, 0.25) is 0 Å². The topological polar surface area (TPSA) is 87.0 Å². The summed E-state index contributed by atoms with van der Waals surface area (Å²) in [5.41, 5.74) is -0.221. The second kappa shape index (κ2) is 4.66. The van der Waals surface area contributed by atoms with Crippen molar-refractivity contribution in [3.05, 3.63) is 47.5 Å². The average molecular weight is 300 g/mol. The summed E-state index contributed by atoms with van der Waals surface area (Å²) in [4.78, 5) is 12.8. The summed E-state index contributed by atoms with van der Waals surface area (Å²) in [6, 6.07) is 10.4. The largest absolute Gasteiger partial charge is 0.504 e. The minimum atomic E-state index is -0.935. The van der Waals surface area contributed by atoms with Crippen molar-refractivity contribution in [1.82, 2.24) is 0 Å². The third-order valence-corrected chi connectivity index (χ3v) is 4.03. The Kier molecular flexibility index (Phi) is 3.02. The van der Waals surface area contributed by atoms with Crippen molar-refractivity contribution in [1.29, 1.82) is 0 Å². The van der Waals surface area contributed by atoms with E-state index in [4.69, 9.17) is 4.74 Å². The van der Waals surface area contributed by atoms with Crippen molar-refractivity contribution in [3.63, 3.8) is 0 Å². The molecule has 0 spiro atoms. The second-order valence-electron chi connectivity index (χ2n) is 5.93. The summed E-state index contributed by atoms with van der Waals surface area (Å²) in [7, 11) is 0. The van der Waals surface area contributed by atoms with E-state index in [1.807, 2.05) is 30.3 Å². The minimum Gasteiger partial charge on any atom is -0.504 e. The van der Waals surface area contributed by atoms with Gasteiger partial charge >= 0.3 is 0 Å². The zero-order valence-electron chi connectivity index (χ0n) is 12.2. The normalized spacial score (nSPS) is 19.4. The minimum absolute atomic E-state index is 0.0611. The zero-order valence-corrected chi connectivity index (χ0v) is 12.2. The molecule has 1 aliphatic heterocycles. The molecule has 0 saturated heterocycles.